The van der Waals surface area contributed by atoms with E-state index in [4.69, 9.17) is 4.42 Å². The molecule has 4 heterocycles. The molecule has 1 aliphatic heterocycles. The zero-order valence-corrected chi connectivity index (χ0v) is 23.7. The van der Waals surface area contributed by atoms with Crippen molar-refractivity contribution in [2.45, 2.75) is 38.4 Å². The smallest absolute Gasteiger partial charge is 0.272 e. The van der Waals surface area contributed by atoms with Crippen LogP contribution in [0.2, 0.25) is 0 Å². The Kier molecular flexibility index (Phi) is 7.07. The van der Waals surface area contributed by atoms with Crippen molar-refractivity contribution >= 4 is 28.6 Å². The first kappa shape index (κ1) is 27.7. The van der Waals surface area contributed by atoms with Gasteiger partial charge in [0, 0.05) is 30.5 Å². The Morgan fingerprint density at radius 2 is 1.84 bits per heavy atom. The minimum Gasteiger partial charge on any atom is -0.436 e. The lowest BCUT2D eigenvalue weighted by Crippen LogP contribution is -2.41. The topological polar surface area (TPSA) is 132 Å². The molecule has 1 N–H and O–H groups in total. The molecule has 0 spiro atoms. The number of halogens is 2. The lowest BCUT2D eigenvalue weighted by molar-refractivity contribution is -0.117. The van der Waals surface area contributed by atoms with Gasteiger partial charge in [-0.05, 0) is 85.3 Å². The Balaban J connectivity index is 1.05. The maximum atomic E-state index is 13.7. The third kappa shape index (κ3) is 5.52. The van der Waals surface area contributed by atoms with Crippen LogP contribution in [0, 0.1) is 24.6 Å². The van der Waals surface area contributed by atoms with Crippen LogP contribution in [-0.4, -0.2) is 66.2 Å². The second-order valence-electron chi connectivity index (χ2n) is 11.3. The van der Waals surface area contributed by atoms with Crippen LogP contribution >= 0.6 is 0 Å². The Morgan fingerprint density at radius 3 is 2.55 bits per heavy atom. The Morgan fingerprint density at radius 1 is 1.07 bits per heavy atom. The van der Waals surface area contributed by atoms with E-state index in [2.05, 4.69) is 30.7 Å². The Bertz CT molecular complexity index is 1850. The SMILES string of the molecule is Cc1nnn([C@H](c2ccc(F)cc2)C2CCN(C(=O)c3cc(-c4nc5cc(NC(=O)[C@@H]6C[C@@H]6F)ccc5o4)ccn3)CC2)n1. The molecule has 44 heavy (non-hydrogen) atoms. The summed E-state index contributed by atoms with van der Waals surface area (Å²) in [6.07, 6.45) is 2.09. The molecule has 0 radical (unpaired) electrons. The summed E-state index contributed by atoms with van der Waals surface area (Å²) in [6.45, 7) is 2.77. The van der Waals surface area contributed by atoms with Gasteiger partial charge in [0.05, 0.1) is 5.92 Å². The highest BCUT2D eigenvalue weighted by atomic mass is 19.1. The quantitative estimate of drug-likeness (QED) is 0.284. The number of tetrazole rings is 1. The van der Waals surface area contributed by atoms with E-state index in [1.165, 1.54) is 12.1 Å². The molecule has 224 valence electrons. The minimum atomic E-state index is -1.08. The summed E-state index contributed by atoms with van der Waals surface area (Å²) < 4.78 is 32.8. The van der Waals surface area contributed by atoms with E-state index in [0.29, 0.717) is 60.0 Å². The van der Waals surface area contributed by atoms with Crippen molar-refractivity contribution in [1.82, 2.24) is 35.1 Å². The molecule has 3 atom stereocenters. The van der Waals surface area contributed by atoms with Gasteiger partial charge in [-0.25, -0.2) is 13.8 Å². The van der Waals surface area contributed by atoms with E-state index in [1.54, 1.807) is 65.3 Å². The molecule has 1 saturated heterocycles. The second-order valence-corrected chi connectivity index (χ2v) is 11.3. The number of nitrogens with zero attached hydrogens (tertiary/aromatic N) is 7. The van der Waals surface area contributed by atoms with Crippen molar-refractivity contribution in [3.63, 3.8) is 0 Å². The van der Waals surface area contributed by atoms with Crippen LogP contribution in [0.4, 0.5) is 14.5 Å². The fourth-order valence-electron chi connectivity index (χ4n) is 5.73. The van der Waals surface area contributed by atoms with Crippen molar-refractivity contribution in [2.24, 2.45) is 11.8 Å². The van der Waals surface area contributed by atoms with E-state index in [-0.39, 0.29) is 41.7 Å². The molecular formula is C31H28F2N8O3. The summed E-state index contributed by atoms with van der Waals surface area (Å²) in [5.41, 5.74) is 3.27. The number of aryl methyl sites for hydroxylation is 1. The number of carbonyl (C=O) groups excluding carboxylic acids is 2. The molecule has 3 aromatic heterocycles. The molecule has 2 amide bonds. The molecule has 7 rings (SSSR count). The number of likely N-dealkylation sites (tertiary alicyclic amines) is 1. The van der Waals surface area contributed by atoms with Gasteiger partial charge >= 0.3 is 0 Å². The first-order valence-corrected chi connectivity index (χ1v) is 14.4. The number of amides is 2. The number of carbonyl (C=O) groups is 2. The predicted molar refractivity (Wildman–Crippen MR) is 155 cm³/mol. The van der Waals surface area contributed by atoms with Gasteiger partial charge in [-0.3, -0.25) is 14.6 Å². The lowest BCUT2D eigenvalue weighted by Gasteiger charge is -2.35. The molecule has 2 aromatic carbocycles. The normalized spacial score (nSPS) is 19.2. The fraction of sp³-hybridized carbons (Fsp3) is 0.323. The largest absolute Gasteiger partial charge is 0.436 e. The summed E-state index contributed by atoms with van der Waals surface area (Å²) in [7, 11) is 0. The zero-order valence-electron chi connectivity index (χ0n) is 23.7. The Hall–Kier alpha value is -5.07. The summed E-state index contributed by atoms with van der Waals surface area (Å²) in [5, 5.41) is 15.4. The number of hydrogen-bond acceptors (Lipinski definition) is 8. The average molecular weight is 599 g/mol. The van der Waals surface area contributed by atoms with Gasteiger partial charge in [0.2, 0.25) is 11.8 Å². The fourth-order valence-corrected chi connectivity index (χ4v) is 5.73. The molecule has 1 aliphatic carbocycles. The van der Waals surface area contributed by atoms with Crippen molar-refractivity contribution in [3.8, 4) is 11.5 Å². The van der Waals surface area contributed by atoms with E-state index in [0.717, 1.165) is 5.56 Å². The zero-order chi connectivity index (χ0) is 30.4. The summed E-state index contributed by atoms with van der Waals surface area (Å²) in [5.74, 6) is -0.501. The molecule has 13 heteroatoms. The van der Waals surface area contributed by atoms with E-state index in [9.17, 15) is 18.4 Å². The number of nitrogens with one attached hydrogen (secondary N) is 1. The maximum Gasteiger partial charge on any atom is 0.272 e. The highest BCUT2D eigenvalue weighted by Crippen LogP contribution is 2.36. The third-order valence-electron chi connectivity index (χ3n) is 8.19. The number of fused-ring (bicyclic) bond motifs is 1. The van der Waals surface area contributed by atoms with Crippen LogP contribution in [0.15, 0.2) is 65.2 Å². The number of aromatic nitrogens is 6. The maximum absolute atomic E-state index is 13.7. The minimum absolute atomic E-state index is 0.106. The standard InChI is InChI=1S/C31H28F2N8O3/c1-17-37-39-41(38-17)28(18-2-4-21(32)5-3-18)19-9-12-40(13-10-19)31(43)26-14-20(8-11-34-26)30-36-25-15-22(6-7-27(25)44-30)35-29(42)23-16-24(23)33/h2-8,11,14-15,19,23-24,28H,9-10,12-13,16H2,1H3,(H,35,42)/t23-,24+,28-/m1/s1. The number of alkyl halides is 1. The van der Waals surface area contributed by atoms with Crippen LogP contribution in [0.5, 0.6) is 0 Å². The predicted octanol–water partition coefficient (Wildman–Crippen LogP) is 4.76. The van der Waals surface area contributed by atoms with Crippen LogP contribution in [0.25, 0.3) is 22.6 Å². The monoisotopic (exact) mass is 598 g/mol. The van der Waals surface area contributed by atoms with Gasteiger partial charge in [0.15, 0.2) is 11.4 Å². The third-order valence-corrected chi connectivity index (χ3v) is 8.19. The molecule has 1 saturated carbocycles. The molecule has 2 aliphatic rings. The number of pyridine rings is 1. The van der Waals surface area contributed by atoms with Crippen LogP contribution in [-0.2, 0) is 4.79 Å². The van der Waals surface area contributed by atoms with Gasteiger partial charge in [-0.2, -0.15) is 4.80 Å². The van der Waals surface area contributed by atoms with E-state index < -0.39 is 12.1 Å². The molecule has 0 bridgehead atoms. The molecule has 2 fully saturated rings. The van der Waals surface area contributed by atoms with E-state index in [1.807, 2.05) is 0 Å². The van der Waals surface area contributed by atoms with Crippen molar-refractivity contribution < 1.29 is 22.8 Å². The van der Waals surface area contributed by atoms with Gasteiger partial charge in [0.25, 0.3) is 5.91 Å². The number of piperidine rings is 1. The van der Waals surface area contributed by atoms with Crippen molar-refractivity contribution in [1.29, 1.82) is 0 Å². The number of benzene rings is 2. The van der Waals surface area contributed by atoms with Crippen molar-refractivity contribution in [3.05, 3.63) is 83.7 Å². The average Bonchev–Trinajstić information content (AvgIpc) is 3.40. The summed E-state index contributed by atoms with van der Waals surface area (Å²) in [6, 6.07) is 14.5. The number of oxazole rings is 1. The highest BCUT2D eigenvalue weighted by Gasteiger charge is 2.43. The second kappa shape index (κ2) is 11.2. The lowest BCUT2D eigenvalue weighted by atomic mass is 9.85. The molecule has 0 unspecified atom stereocenters. The van der Waals surface area contributed by atoms with E-state index >= 15 is 0 Å². The first-order chi connectivity index (χ1) is 21.3. The number of rotatable bonds is 7. The summed E-state index contributed by atoms with van der Waals surface area (Å²) in [4.78, 5) is 37.8. The number of hydrogen-bond donors (Lipinski definition) is 1. The van der Waals surface area contributed by atoms with Gasteiger partial charge in [0.1, 0.15) is 29.2 Å². The Labute approximate surface area is 250 Å². The molecule has 5 aromatic rings. The van der Waals surface area contributed by atoms with Gasteiger partial charge < -0.3 is 14.6 Å². The van der Waals surface area contributed by atoms with Crippen LogP contribution in [0.1, 0.15) is 47.2 Å². The molecular weight excluding hydrogens is 570 g/mol. The van der Waals surface area contributed by atoms with Crippen molar-refractivity contribution in [2.75, 3.05) is 18.4 Å². The molecule has 11 nitrogen and oxygen atoms in total. The van der Waals surface area contributed by atoms with Gasteiger partial charge in [-0.1, -0.05) is 12.1 Å². The highest BCUT2D eigenvalue weighted by molar-refractivity contribution is 5.96. The van der Waals surface area contributed by atoms with Crippen LogP contribution in [0.3, 0.4) is 0 Å². The van der Waals surface area contributed by atoms with Gasteiger partial charge in [-0.15, -0.1) is 10.2 Å². The summed E-state index contributed by atoms with van der Waals surface area (Å²) >= 11 is 0. The first-order valence-electron chi connectivity index (χ1n) is 14.4. The van der Waals surface area contributed by atoms with Crippen LogP contribution < -0.4 is 5.32 Å². The number of anilines is 1.